The molecule has 1 aliphatic carbocycles. The first-order chi connectivity index (χ1) is 10.8. The van der Waals surface area contributed by atoms with Crippen molar-refractivity contribution in [3.8, 4) is 0 Å². The molecule has 1 aromatic heterocycles. The van der Waals surface area contributed by atoms with Gasteiger partial charge in [0.15, 0.2) is 0 Å². The van der Waals surface area contributed by atoms with E-state index in [1.165, 1.54) is 6.42 Å². The predicted octanol–water partition coefficient (Wildman–Crippen LogP) is 2.91. The summed E-state index contributed by atoms with van der Waals surface area (Å²) in [5.41, 5.74) is 0.610. The number of benzene rings is 1. The van der Waals surface area contributed by atoms with E-state index in [0.717, 1.165) is 36.5 Å². The van der Waals surface area contributed by atoms with Crippen molar-refractivity contribution in [2.45, 2.75) is 38.1 Å². The van der Waals surface area contributed by atoms with Crippen LogP contribution in [0.4, 0.5) is 0 Å². The van der Waals surface area contributed by atoms with E-state index in [4.69, 9.17) is 0 Å². The van der Waals surface area contributed by atoms with Crippen molar-refractivity contribution in [2.24, 2.45) is 5.92 Å². The third kappa shape index (κ3) is 3.12. The number of fused-ring (bicyclic) bond motifs is 1. The molecule has 0 radical (unpaired) electrons. The summed E-state index contributed by atoms with van der Waals surface area (Å²) in [5, 5.41) is 14.6. The van der Waals surface area contributed by atoms with Gasteiger partial charge in [0.1, 0.15) is 0 Å². The first-order valence-corrected chi connectivity index (χ1v) is 8.04. The fourth-order valence-corrected chi connectivity index (χ4v) is 3.34. The summed E-state index contributed by atoms with van der Waals surface area (Å²) >= 11 is 0. The van der Waals surface area contributed by atoms with E-state index in [1.54, 1.807) is 12.4 Å². The van der Waals surface area contributed by atoms with Gasteiger partial charge in [-0.05, 0) is 18.2 Å². The van der Waals surface area contributed by atoms with Gasteiger partial charge in [-0.1, -0.05) is 43.5 Å². The van der Waals surface area contributed by atoms with Crippen molar-refractivity contribution >= 4 is 16.7 Å². The normalized spacial score (nSPS) is 22.2. The highest BCUT2D eigenvalue weighted by molar-refractivity contribution is 6.06. The van der Waals surface area contributed by atoms with Crippen molar-refractivity contribution in [3.63, 3.8) is 0 Å². The number of hydrogen-bond acceptors (Lipinski definition) is 3. The molecule has 1 aliphatic rings. The van der Waals surface area contributed by atoms with Crippen molar-refractivity contribution in [1.82, 2.24) is 10.3 Å². The van der Waals surface area contributed by atoms with Crippen LogP contribution in [0.15, 0.2) is 36.7 Å². The highest BCUT2D eigenvalue weighted by Gasteiger charge is 2.25. The highest BCUT2D eigenvalue weighted by Crippen LogP contribution is 2.24. The first-order valence-electron chi connectivity index (χ1n) is 8.04. The molecule has 2 atom stereocenters. The topological polar surface area (TPSA) is 62.2 Å². The largest absolute Gasteiger partial charge is 0.396 e. The maximum absolute atomic E-state index is 12.7. The summed E-state index contributed by atoms with van der Waals surface area (Å²) in [6.45, 7) is 0.138. The predicted molar refractivity (Wildman–Crippen MR) is 86.7 cm³/mol. The van der Waals surface area contributed by atoms with Crippen LogP contribution in [0.25, 0.3) is 10.8 Å². The fourth-order valence-electron chi connectivity index (χ4n) is 3.34. The van der Waals surface area contributed by atoms with E-state index in [9.17, 15) is 9.90 Å². The third-order valence-electron chi connectivity index (χ3n) is 4.62. The summed E-state index contributed by atoms with van der Waals surface area (Å²) < 4.78 is 0. The van der Waals surface area contributed by atoms with E-state index in [0.29, 0.717) is 5.56 Å². The molecule has 1 aromatic carbocycles. The molecule has 116 valence electrons. The van der Waals surface area contributed by atoms with Crippen LogP contribution in [0, 0.1) is 5.92 Å². The van der Waals surface area contributed by atoms with Crippen molar-refractivity contribution in [3.05, 3.63) is 42.2 Å². The number of aliphatic hydroxyl groups is 1. The molecule has 0 aliphatic heterocycles. The molecule has 1 saturated carbocycles. The minimum Gasteiger partial charge on any atom is -0.396 e. The number of rotatable bonds is 3. The van der Waals surface area contributed by atoms with Crippen LogP contribution in [-0.2, 0) is 0 Å². The Morgan fingerprint density at radius 3 is 2.86 bits per heavy atom. The lowest BCUT2D eigenvalue weighted by atomic mass is 9.95. The molecule has 1 amide bonds. The molecule has 0 bridgehead atoms. The summed E-state index contributed by atoms with van der Waals surface area (Å²) in [5.74, 6) is 0.0732. The minimum absolute atomic E-state index is 0.0546. The zero-order chi connectivity index (χ0) is 15.4. The molecular weight excluding hydrogens is 276 g/mol. The Labute approximate surface area is 130 Å². The Morgan fingerprint density at radius 1 is 1.18 bits per heavy atom. The number of aliphatic hydroxyl groups excluding tert-OH is 1. The molecule has 4 heteroatoms. The number of carbonyl (C=O) groups is 1. The van der Waals surface area contributed by atoms with Crippen molar-refractivity contribution in [1.29, 1.82) is 0 Å². The Morgan fingerprint density at radius 2 is 2.00 bits per heavy atom. The van der Waals surface area contributed by atoms with Crippen LogP contribution in [0.1, 0.15) is 42.5 Å². The van der Waals surface area contributed by atoms with Crippen LogP contribution >= 0.6 is 0 Å². The lowest BCUT2D eigenvalue weighted by Crippen LogP contribution is -2.41. The number of nitrogens with one attached hydrogen (secondary N) is 1. The van der Waals surface area contributed by atoms with Gasteiger partial charge in [-0.25, -0.2) is 0 Å². The van der Waals surface area contributed by atoms with Gasteiger partial charge in [-0.3, -0.25) is 9.78 Å². The first kappa shape index (κ1) is 15.0. The molecular formula is C18H22N2O2. The average molecular weight is 298 g/mol. The Balaban J connectivity index is 1.83. The second kappa shape index (κ2) is 6.88. The molecule has 2 N–H and O–H groups in total. The molecule has 0 saturated heterocycles. The average Bonchev–Trinajstić information content (AvgIpc) is 2.79. The van der Waals surface area contributed by atoms with Crippen LogP contribution in [-0.4, -0.2) is 28.6 Å². The highest BCUT2D eigenvalue weighted by atomic mass is 16.3. The number of hydrogen-bond donors (Lipinski definition) is 2. The van der Waals surface area contributed by atoms with Crippen molar-refractivity contribution in [2.75, 3.05) is 6.61 Å². The zero-order valence-corrected chi connectivity index (χ0v) is 12.7. The third-order valence-corrected chi connectivity index (χ3v) is 4.62. The van der Waals surface area contributed by atoms with Gasteiger partial charge >= 0.3 is 0 Å². The Kier molecular flexibility index (Phi) is 4.68. The number of nitrogens with zero attached hydrogens (tertiary/aromatic N) is 1. The molecule has 0 spiro atoms. The van der Waals surface area contributed by atoms with E-state index < -0.39 is 0 Å². The van der Waals surface area contributed by atoms with Crippen LogP contribution in [0.2, 0.25) is 0 Å². The molecule has 3 rings (SSSR count). The smallest absolute Gasteiger partial charge is 0.253 e. The second-order valence-corrected chi connectivity index (χ2v) is 6.07. The summed E-state index contributed by atoms with van der Waals surface area (Å²) in [6, 6.07) is 7.84. The summed E-state index contributed by atoms with van der Waals surface area (Å²) in [4.78, 5) is 16.8. The molecule has 4 nitrogen and oxygen atoms in total. The minimum atomic E-state index is -0.0883. The zero-order valence-electron chi connectivity index (χ0n) is 12.7. The van der Waals surface area contributed by atoms with Gasteiger partial charge < -0.3 is 10.4 Å². The van der Waals surface area contributed by atoms with Crippen LogP contribution in [0.3, 0.4) is 0 Å². The lowest BCUT2D eigenvalue weighted by Gasteiger charge is -2.24. The van der Waals surface area contributed by atoms with E-state index >= 15 is 0 Å². The standard InChI is InChI=1S/C18H22N2O2/c21-12-14-7-2-1-3-9-17(14)20-18(22)16-11-19-10-13-6-4-5-8-15(13)16/h4-6,8,10-11,14,17,21H,1-3,7,9,12H2,(H,20,22). The number of amides is 1. The maximum atomic E-state index is 12.7. The monoisotopic (exact) mass is 298 g/mol. The van der Waals surface area contributed by atoms with Gasteiger partial charge in [-0.15, -0.1) is 0 Å². The molecule has 1 fully saturated rings. The lowest BCUT2D eigenvalue weighted by molar-refractivity contribution is 0.0901. The van der Waals surface area contributed by atoms with Crippen molar-refractivity contribution < 1.29 is 9.90 Å². The molecule has 2 unspecified atom stereocenters. The molecule has 2 aromatic rings. The quantitative estimate of drug-likeness (QED) is 0.856. The molecule has 1 heterocycles. The van der Waals surface area contributed by atoms with E-state index in [-0.39, 0.29) is 24.5 Å². The number of carbonyl (C=O) groups excluding carboxylic acids is 1. The van der Waals surface area contributed by atoms with E-state index in [2.05, 4.69) is 10.3 Å². The Bertz CT molecular complexity index is 651. The van der Waals surface area contributed by atoms with Crippen LogP contribution < -0.4 is 5.32 Å². The fraction of sp³-hybridized carbons (Fsp3) is 0.444. The number of pyridine rings is 1. The van der Waals surface area contributed by atoms with Gasteiger partial charge in [0.2, 0.25) is 0 Å². The van der Waals surface area contributed by atoms with Gasteiger partial charge in [0.25, 0.3) is 5.91 Å². The number of aromatic nitrogens is 1. The summed E-state index contributed by atoms with van der Waals surface area (Å²) in [6.07, 6.45) is 8.74. The Hall–Kier alpha value is -1.94. The van der Waals surface area contributed by atoms with E-state index in [1.807, 2.05) is 24.3 Å². The van der Waals surface area contributed by atoms with Gasteiger partial charge in [0, 0.05) is 36.3 Å². The maximum Gasteiger partial charge on any atom is 0.253 e. The summed E-state index contributed by atoms with van der Waals surface area (Å²) in [7, 11) is 0. The van der Waals surface area contributed by atoms with Gasteiger partial charge in [0.05, 0.1) is 5.56 Å². The SMILES string of the molecule is O=C(NC1CCCCCC1CO)c1cncc2ccccc12. The van der Waals surface area contributed by atoms with Crippen LogP contribution in [0.5, 0.6) is 0 Å². The molecule has 22 heavy (non-hydrogen) atoms. The second-order valence-electron chi connectivity index (χ2n) is 6.07. The van der Waals surface area contributed by atoms with Gasteiger partial charge in [-0.2, -0.15) is 0 Å².